The fourth-order valence-electron chi connectivity index (χ4n) is 1.27. The molecular weight excluding hydrogens is 240 g/mol. The average molecular weight is 254 g/mol. The fourth-order valence-corrected chi connectivity index (χ4v) is 1.27. The number of carboxylic acid groups (broad SMARTS) is 1. The van der Waals surface area contributed by atoms with Crippen molar-refractivity contribution in [1.29, 1.82) is 0 Å². The third kappa shape index (κ3) is 3.65. The van der Waals surface area contributed by atoms with Crippen molar-refractivity contribution in [3.05, 3.63) is 23.8 Å². The van der Waals surface area contributed by atoms with Gasteiger partial charge in [-0.1, -0.05) is 0 Å². The molecule has 1 N–H and O–H groups in total. The van der Waals surface area contributed by atoms with E-state index in [2.05, 4.69) is 4.74 Å². The number of ether oxygens (including phenoxy) is 3. The monoisotopic (exact) mass is 254 g/mol. The number of hydrogen-bond acceptors (Lipinski definition) is 5. The van der Waals surface area contributed by atoms with Crippen molar-refractivity contribution in [3.8, 4) is 11.5 Å². The third-order valence-electron chi connectivity index (χ3n) is 2.20. The topological polar surface area (TPSA) is 82.1 Å². The largest absolute Gasteiger partial charge is 0.493 e. The molecule has 0 aliphatic rings. The molecule has 1 rings (SSSR count). The van der Waals surface area contributed by atoms with E-state index in [1.807, 2.05) is 0 Å². The first-order valence-electron chi connectivity index (χ1n) is 5.19. The minimum absolute atomic E-state index is 0.104. The second-order valence-corrected chi connectivity index (χ2v) is 3.35. The van der Waals surface area contributed by atoms with E-state index in [0.29, 0.717) is 11.5 Å². The molecule has 6 heteroatoms. The maximum atomic E-state index is 10.9. The first-order chi connectivity index (χ1) is 8.58. The van der Waals surface area contributed by atoms with Gasteiger partial charge in [0.25, 0.3) is 0 Å². The highest BCUT2D eigenvalue weighted by Gasteiger charge is 2.10. The normalized spacial score (nSPS) is 9.67. The minimum atomic E-state index is -1.05. The standard InChI is InChI=1S/C12H14O6/c1-16-10-7-8(12(14)15)3-4-9(10)18-6-5-11(13)17-2/h3-4,7H,5-6H2,1-2H3,(H,14,15). The van der Waals surface area contributed by atoms with Crippen molar-refractivity contribution in [3.63, 3.8) is 0 Å². The summed E-state index contributed by atoms with van der Waals surface area (Å²) < 4.78 is 14.8. The summed E-state index contributed by atoms with van der Waals surface area (Å²) in [6, 6.07) is 4.24. The van der Waals surface area contributed by atoms with E-state index in [-0.39, 0.29) is 24.6 Å². The van der Waals surface area contributed by atoms with Crippen molar-refractivity contribution in [1.82, 2.24) is 0 Å². The van der Waals surface area contributed by atoms with Crippen LogP contribution in [0.15, 0.2) is 18.2 Å². The number of hydrogen-bond donors (Lipinski definition) is 1. The van der Waals surface area contributed by atoms with Gasteiger partial charge in [0, 0.05) is 0 Å². The van der Waals surface area contributed by atoms with E-state index in [9.17, 15) is 9.59 Å². The third-order valence-corrected chi connectivity index (χ3v) is 2.20. The van der Waals surface area contributed by atoms with Gasteiger partial charge in [0.2, 0.25) is 0 Å². The molecular formula is C12H14O6. The van der Waals surface area contributed by atoms with Gasteiger partial charge < -0.3 is 19.3 Å². The zero-order valence-corrected chi connectivity index (χ0v) is 10.1. The highest BCUT2D eigenvalue weighted by atomic mass is 16.5. The van der Waals surface area contributed by atoms with Gasteiger partial charge in [-0.2, -0.15) is 0 Å². The van der Waals surface area contributed by atoms with Crippen molar-refractivity contribution in [2.75, 3.05) is 20.8 Å². The molecule has 0 aliphatic carbocycles. The molecule has 6 nitrogen and oxygen atoms in total. The minimum Gasteiger partial charge on any atom is -0.493 e. The Bertz CT molecular complexity index is 440. The van der Waals surface area contributed by atoms with E-state index >= 15 is 0 Å². The van der Waals surface area contributed by atoms with Crippen molar-refractivity contribution < 1.29 is 28.9 Å². The number of carbonyl (C=O) groups is 2. The number of carbonyl (C=O) groups excluding carboxylic acids is 1. The van der Waals surface area contributed by atoms with E-state index < -0.39 is 5.97 Å². The highest BCUT2D eigenvalue weighted by Crippen LogP contribution is 2.28. The molecule has 0 aromatic heterocycles. The van der Waals surface area contributed by atoms with Crippen LogP contribution in [0.2, 0.25) is 0 Å². The molecule has 0 unspecified atom stereocenters. The number of carboxylic acids is 1. The number of methoxy groups -OCH3 is 2. The van der Waals surface area contributed by atoms with Crippen LogP contribution in [0.5, 0.6) is 11.5 Å². The molecule has 0 heterocycles. The van der Waals surface area contributed by atoms with E-state index in [0.717, 1.165) is 0 Å². The zero-order chi connectivity index (χ0) is 13.5. The molecule has 0 saturated carbocycles. The molecule has 0 fully saturated rings. The quantitative estimate of drug-likeness (QED) is 0.771. The predicted octanol–water partition coefficient (Wildman–Crippen LogP) is 1.34. The van der Waals surface area contributed by atoms with Crippen molar-refractivity contribution in [2.24, 2.45) is 0 Å². The van der Waals surface area contributed by atoms with Crippen molar-refractivity contribution >= 4 is 11.9 Å². The maximum Gasteiger partial charge on any atom is 0.335 e. The molecule has 18 heavy (non-hydrogen) atoms. The fraction of sp³-hybridized carbons (Fsp3) is 0.333. The number of rotatable bonds is 6. The zero-order valence-electron chi connectivity index (χ0n) is 10.1. The van der Waals surface area contributed by atoms with Crippen LogP contribution in [0.3, 0.4) is 0 Å². The summed E-state index contributed by atoms with van der Waals surface area (Å²) in [5, 5.41) is 8.82. The van der Waals surface area contributed by atoms with E-state index in [1.165, 1.54) is 32.4 Å². The summed E-state index contributed by atoms with van der Waals surface area (Å²) in [6.07, 6.45) is 0.111. The lowest BCUT2D eigenvalue weighted by atomic mass is 10.2. The molecule has 0 spiro atoms. The van der Waals surface area contributed by atoms with Crippen LogP contribution in [-0.2, 0) is 9.53 Å². The van der Waals surface area contributed by atoms with Crippen LogP contribution in [0.1, 0.15) is 16.8 Å². The summed E-state index contributed by atoms with van der Waals surface area (Å²) >= 11 is 0. The number of esters is 1. The summed E-state index contributed by atoms with van der Waals surface area (Å²) in [4.78, 5) is 21.7. The Morgan fingerprint density at radius 2 is 1.94 bits per heavy atom. The first-order valence-corrected chi connectivity index (χ1v) is 5.19. The smallest absolute Gasteiger partial charge is 0.335 e. The molecule has 0 amide bonds. The summed E-state index contributed by atoms with van der Waals surface area (Å²) in [7, 11) is 2.71. The molecule has 1 aromatic carbocycles. The molecule has 0 atom stereocenters. The predicted molar refractivity (Wildman–Crippen MR) is 62.1 cm³/mol. The van der Waals surface area contributed by atoms with Crippen molar-refractivity contribution in [2.45, 2.75) is 6.42 Å². The number of aromatic carboxylic acids is 1. The van der Waals surface area contributed by atoms with Gasteiger partial charge in [-0.3, -0.25) is 4.79 Å². The Balaban J connectivity index is 2.71. The van der Waals surface area contributed by atoms with Gasteiger partial charge >= 0.3 is 11.9 Å². The van der Waals surface area contributed by atoms with Gasteiger partial charge in [0.05, 0.1) is 32.8 Å². The molecule has 0 bridgehead atoms. The summed E-state index contributed by atoms with van der Waals surface area (Å²) in [5.41, 5.74) is 0.104. The van der Waals surface area contributed by atoms with Crippen LogP contribution >= 0.6 is 0 Å². The second-order valence-electron chi connectivity index (χ2n) is 3.35. The van der Waals surface area contributed by atoms with Crippen LogP contribution in [0, 0.1) is 0 Å². The summed E-state index contributed by atoms with van der Waals surface area (Å²) in [5.74, 6) is -0.739. The molecule has 1 aromatic rings. The number of benzene rings is 1. The molecule has 0 aliphatic heterocycles. The van der Waals surface area contributed by atoms with Gasteiger partial charge in [0.15, 0.2) is 11.5 Å². The van der Waals surface area contributed by atoms with Gasteiger partial charge in [-0.25, -0.2) is 4.79 Å². The SMILES string of the molecule is COC(=O)CCOc1ccc(C(=O)O)cc1OC. The van der Waals surface area contributed by atoms with Crippen LogP contribution in [0.4, 0.5) is 0 Å². The van der Waals surface area contributed by atoms with Gasteiger partial charge in [0.1, 0.15) is 0 Å². The highest BCUT2D eigenvalue weighted by molar-refractivity contribution is 5.88. The van der Waals surface area contributed by atoms with Crippen LogP contribution in [0.25, 0.3) is 0 Å². The lowest BCUT2D eigenvalue weighted by Gasteiger charge is -2.10. The first kappa shape index (κ1) is 13.8. The van der Waals surface area contributed by atoms with Gasteiger partial charge in [-0.05, 0) is 18.2 Å². The summed E-state index contributed by atoms with van der Waals surface area (Å²) in [6.45, 7) is 0.134. The maximum absolute atomic E-state index is 10.9. The Hall–Kier alpha value is -2.24. The van der Waals surface area contributed by atoms with Gasteiger partial charge in [-0.15, -0.1) is 0 Å². The second kappa shape index (κ2) is 6.48. The molecule has 0 saturated heterocycles. The Kier molecular flexibility index (Phi) is 4.98. The molecule has 98 valence electrons. The van der Waals surface area contributed by atoms with Crippen LogP contribution < -0.4 is 9.47 Å². The van der Waals surface area contributed by atoms with E-state index in [1.54, 1.807) is 0 Å². The molecule has 0 radical (unpaired) electrons. The van der Waals surface area contributed by atoms with E-state index in [4.69, 9.17) is 14.6 Å². The lowest BCUT2D eigenvalue weighted by Crippen LogP contribution is -2.08. The Labute approximate surface area is 104 Å². The lowest BCUT2D eigenvalue weighted by molar-refractivity contribution is -0.141. The Morgan fingerprint density at radius 3 is 2.50 bits per heavy atom. The average Bonchev–Trinajstić information content (AvgIpc) is 2.38. The van der Waals surface area contributed by atoms with Crippen LogP contribution in [-0.4, -0.2) is 37.9 Å². The Morgan fingerprint density at radius 1 is 1.22 bits per heavy atom.